The minimum atomic E-state index is -3.85. The molecule has 0 aliphatic rings. The van der Waals surface area contributed by atoms with E-state index in [4.69, 9.17) is 11.6 Å². The molecule has 0 radical (unpaired) electrons. The smallest absolute Gasteiger partial charge is 0.198 e. The van der Waals surface area contributed by atoms with Gasteiger partial charge in [-0.3, -0.25) is 4.98 Å². The number of benzene rings is 1. The van der Waals surface area contributed by atoms with Gasteiger partial charge >= 0.3 is 0 Å². The van der Waals surface area contributed by atoms with Gasteiger partial charge in [0.05, 0.1) is 20.5 Å². The summed E-state index contributed by atoms with van der Waals surface area (Å²) in [5.41, 5.74) is 0.160. The summed E-state index contributed by atoms with van der Waals surface area (Å²) in [6.07, 6.45) is 2.73. The van der Waals surface area contributed by atoms with Crippen LogP contribution in [0.15, 0.2) is 52.1 Å². The Bertz CT molecular complexity index is 773. The predicted molar refractivity (Wildman–Crippen MR) is 78.9 cm³/mol. The molecule has 0 unspecified atom stereocenters. The first-order valence-corrected chi connectivity index (χ1v) is 8.17. The fourth-order valence-corrected chi connectivity index (χ4v) is 3.75. The molecule has 0 spiro atoms. The lowest BCUT2D eigenvalue weighted by molar-refractivity contribution is 0.591. The minimum absolute atomic E-state index is 0.0718. The van der Waals surface area contributed by atoms with E-state index in [0.717, 1.165) is 0 Å². The molecule has 20 heavy (non-hydrogen) atoms. The lowest BCUT2D eigenvalue weighted by atomic mass is 10.2. The summed E-state index contributed by atoms with van der Waals surface area (Å²) in [6.45, 7) is 0. The van der Waals surface area contributed by atoms with Crippen LogP contribution in [0.2, 0.25) is 5.02 Å². The van der Waals surface area contributed by atoms with Crippen LogP contribution in [0, 0.1) is 11.3 Å². The molecule has 1 aromatic carbocycles. The zero-order valence-electron chi connectivity index (χ0n) is 9.99. The van der Waals surface area contributed by atoms with Crippen molar-refractivity contribution in [3.8, 4) is 6.07 Å². The summed E-state index contributed by atoms with van der Waals surface area (Å²) >= 11 is 9.23. The standard InChI is InChI=1S/C13H8BrClN2O2S/c14-11-8-17-7-10(13(11)15)12(6-16)20(18,19)9-4-2-1-3-5-9/h1-5,7-8,12H/t12-/m0/s1. The lowest BCUT2D eigenvalue weighted by Crippen LogP contribution is -2.13. The van der Waals surface area contributed by atoms with E-state index in [9.17, 15) is 13.7 Å². The van der Waals surface area contributed by atoms with E-state index >= 15 is 0 Å². The Balaban J connectivity index is 2.60. The Morgan fingerprint density at radius 3 is 2.50 bits per heavy atom. The van der Waals surface area contributed by atoms with Crippen LogP contribution in [-0.2, 0) is 9.84 Å². The maximum atomic E-state index is 12.5. The molecule has 1 heterocycles. The second-order valence-electron chi connectivity index (χ2n) is 3.89. The number of rotatable bonds is 3. The average Bonchev–Trinajstić information content (AvgIpc) is 2.45. The number of aromatic nitrogens is 1. The molecule has 0 aliphatic heterocycles. The van der Waals surface area contributed by atoms with Crippen molar-refractivity contribution in [2.45, 2.75) is 10.1 Å². The summed E-state index contributed by atoms with van der Waals surface area (Å²) in [7, 11) is -3.85. The third-order valence-electron chi connectivity index (χ3n) is 2.65. The maximum Gasteiger partial charge on any atom is 0.198 e. The topological polar surface area (TPSA) is 70.8 Å². The molecule has 0 amide bonds. The maximum absolute atomic E-state index is 12.5. The molecule has 2 rings (SSSR count). The van der Waals surface area contributed by atoms with Gasteiger partial charge in [-0.15, -0.1) is 0 Å². The highest BCUT2D eigenvalue weighted by Gasteiger charge is 2.31. The summed E-state index contributed by atoms with van der Waals surface area (Å²) in [6, 6.07) is 9.58. The average molecular weight is 372 g/mol. The van der Waals surface area contributed by atoms with E-state index in [1.165, 1.54) is 24.5 Å². The Kier molecular flexibility index (Phi) is 4.43. The molecule has 0 N–H and O–H groups in total. The monoisotopic (exact) mass is 370 g/mol. The van der Waals surface area contributed by atoms with Gasteiger partial charge in [0.2, 0.25) is 0 Å². The first-order chi connectivity index (χ1) is 9.48. The molecular formula is C13H8BrClN2O2S. The third-order valence-corrected chi connectivity index (χ3v) is 5.81. The number of hydrogen-bond donors (Lipinski definition) is 0. The van der Waals surface area contributed by atoms with Gasteiger partial charge in [-0.05, 0) is 28.1 Å². The second kappa shape index (κ2) is 5.92. The van der Waals surface area contributed by atoms with Crippen LogP contribution >= 0.6 is 27.5 Å². The molecule has 0 aliphatic carbocycles. The number of nitriles is 1. The number of pyridine rings is 1. The van der Waals surface area contributed by atoms with Crippen molar-refractivity contribution in [3.05, 3.63) is 57.8 Å². The molecule has 7 heteroatoms. The van der Waals surface area contributed by atoms with Crippen molar-refractivity contribution in [2.24, 2.45) is 0 Å². The molecule has 1 aromatic heterocycles. The van der Waals surface area contributed by atoms with Crippen LogP contribution in [0.3, 0.4) is 0 Å². The van der Waals surface area contributed by atoms with Gasteiger partial charge in [0, 0.05) is 18.0 Å². The van der Waals surface area contributed by atoms with Crippen LogP contribution < -0.4 is 0 Å². The number of nitrogens with zero attached hydrogens (tertiary/aromatic N) is 2. The molecule has 0 saturated carbocycles. The van der Waals surface area contributed by atoms with E-state index in [-0.39, 0.29) is 15.5 Å². The summed E-state index contributed by atoms with van der Waals surface area (Å²) < 4.78 is 25.5. The third kappa shape index (κ3) is 2.70. The Morgan fingerprint density at radius 2 is 1.90 bits per heavy atom. The van der Waals surface area contributed by atoms with Gasteiger partial charge in [0.15, 0.2) is 15.1 Å². The highest BCUT2D eigenvalue weighted by molar-refractivity contribution is 9.10. The molecule has 2 aromatic rings. The zero-order valence-corrected chi connectivity index (χ0v) is 13.2. The molecule has 4 nitrogen and oxygen atoms in total. The fraction of sp³-hybridized carbons (Fsp3) is 0.0769. The highest BCUT2D eigenvalue weighted by Crippen LogP contribution is 2.35. The van der Waals surface area contributed by atoms with Crippen molar-refractivity contribution >= 4 is 37.4 Å². The van der Waals surface area contributed by atoms with Crippen molar-refractivity contribution in [1.82, 2.24) is 4.98 Å². The first kappa shape index (κ1) is 15.0. The van der Waals surface area contributed by atoms with Crippen molar-refractivity contribution in [2.75, 3.05) is 0 Å². The Hall–Kier alpha value is -1.42. The summed E-state index contributed by atoms with van der Waals surface area (Å²) in [5.74, 6) is 0. The molecule has 0 fully saturated rings. The zero-order chi connectivity index (χ0) is 14.8. The van der Waals surface area contributed by atoms with Gasteiger partial charge < -0.3 is 0 Å². The summed E-state index contributed by atoms with van der Waals surface area (Å²) in [4.78, 5) is 3.95. The van der Waals surface area contributed by atoms with Gasteiger partial charge in [-0.1, -0.05) is 29.8 Å². The van der Waals surface area contributed by atoms with E-state index in [1.807, 2.05) is 0 Å². The first-order valence-electron chi connectivity index (χ1n) is 5.46. The normalized spacial score (nSPS) is 12.7. The minimum Gasteiger partial charge on any atom is -0.263 e. The van der Waals surface area contributed by atoms with Crippen LogP contribution in [0.5, 0.6) is 0 Å². The predicted octanol–water partition coefficient (Wildman–Crippen LogP) is 3.54. The van der Waals surface area contributed by atoms with Crippen LogP contribution in [0.1, 0.15) is 10.8 Å². The summed E-state index contributed by atoms with van der Waals surface area (Å²) in [5, 5.41) is 8.03. The Morgan fingerprint density at radius 1 is 1.25 bits per heavy atom. The van der Waals surface area contributed by atoms with Crippen LogP contribution in [0.25, 0.3) is 0 Å². The SMILES string of the molecule is N#C[C@@H](c1cncc(Br)c1Cl)S(=O)(=O)c1ccccc1. The van der Waals surface area contributed by atoms with Gasteiger partial charge in [0.1, 0.15) is 0 Å². The lowest BCUT2D eigenvalue weighted by Gasteiger charge is -2.12. The largest absolute Gasteiger partial charge is 0.263 e. The molecule has 102 valence electrons. The van der Waals surface area contributed by atoms with Crippen LogP contribution in [-0.4, -0.2) is 13.4 Å². The van der Waals surface area contributed by atoms with E-state index < -0.39 is 15.1 Å². The number of halogens is 2. The molecule has 1 atom stereocenters. The van der Waals surface area contributed by atoms with Crippen molar-refractivity contribution < 1.29 is 8.42 Å². The van der Waals surface area contributed by atoms with Crippen molar-refractivity contribution in [3.63, 3.8) is 0 Å². The molecule has 0 bridgehead atoms. The van der Waals surface area contributed by atoms with Gasteiger partial charge in [-0.2, -0.15) is 5.26 Å². The van der Waals surface area contributed by atoms with E-state index in [1.54, 1.807) is 24.3 Å². The number of sulfone groups is 1. The van der Waals surface area contributed by atoms with E-state index in [2.05, 4.69) is 20.9 Å². The van der Waals surface area contributed by atoms with E-state index in [0.29, 0.717) is 4.47 Å². The van der Waals surface area contributed by atoms with Gasteiger partial charge in [-0.25, -0.2) is 8.42 Å². The highest BCUT2D eigenvalue weighted by atomic mass is 79.9. The second-order valence-corrected chi connectivity index (χ2v) is 7.16. The van der Waals surface area contributed by atoms with Crippen molar-refractivity contribution in [1.29, 1.82) is 5.26 Å². The van der Waals surface area contributed by atoms with Crippen LogP contribution in [0.4, 0.5) is 0 Å². The van der Waals surface area contributed by atoms with Gasteiger partial charge in [0.25, 0.3) is 0 Å². The molecular weight excluding hydrogens is 364 g/mol. The quantitative estimate of drug-likeness (QED) is 0.827. The Labute approximate surface area is 130 Å². The number of hydrogen-bond acceptors (Lipinski definition) is 4. The molecule has 0 saturated heterocycles. The fourth-order valence-electron chi connectivity index (χ4n) is 1.67.